The number of hydrogen-bond acceptors (Lipinski definition) is 4. The second-order valence-corrected chi connectivity index (χ2v) is 5.66. The van der Waals surface area contributed by atoms with Crippen molar-refractivity contribution in [3.05, 3.63) is 23.5 Å². The summed E-state index contributed by atoms with van der Waals surface area (Å²) in [5.41, 5.74) is 6.20. The van der Waals surface area contributed by atoms with Gasteiger partial charge in [-0.15, -0.1) is 0 Å². The molecule has 3 N–H and O–H groups in total. The molecular weight excluding hydrogens is 247 g/mol. The van der Waals surface area contributed by atoms with Crippen molar-refractivity contribution in [3.8, 4) is 5.75 Å². The molecule has 1 atom stereocenters. The molecule has 0 bridgehead atoms. The monoisotopic (exact) mass is 260 g/mol. The Morgan fingerprint density at radius 2 is 2.24 bits per heavy atom. The van der Waals surface area contributed by atoms with Crippen molar-refractivity contribution in [2.45, 2.75) is 17.4 Å². The third-order valence-electron chi connectivity index (χ3n) is 2.70. The van der Waals surface area contributed by atoms with Crippen LogP contribution in [0.5, 0.6) is 5.75 Å². The molecule has 0 radical (unpaired) electrons. The van der Waals surface area contributed by atoms with Gasteiger partial charge in [-0.2, -0.15) is 0 Å². The van der Waals surface area contributed by atoms with Crippen LogP contribution in [-0.2, 0) is 10.0 Å². The van der Waals surface area contributed by atoms with Gasteiger partial charge >= 0.3 is 0 Å². The van der Waals surface area contributed by atoms with E-state index in [0.29, 0.717) is 18.6 Å². The third-order valence-corrected chi connectivity index (χ3v) is 4.09. The molecule has 94 valence electrons. The maximum atomic E-state index is 13.7. The number of hydrogen-bond donors (Lipinski definition) is 2. The van der Waals surface area contributed by atoms with Crippen molar-refractivity contribution >= 4 is 10.0 Å². The minimum absolute atomic E-state index is 0.0544. The molecule has 0 aliphatic carbocycles. The largest absolute Gasteiger partial charge is 0.490 e. The molecule has 1 aromatic rings. The van der Waals surface area contributed by atoms with Crippen LogP contribution >= 0.6 is 0 Å². The lowest BCUT2D eigenvalue weighted by Crippen LogP contribution is -2.24. The number of benzene rings is 1. The maximum Gasteiger partial charge on any atom is 0.240 e. The summed E-state index contributed by atoms with van der Waals surface area (Å²) >= 11 is 0. The predicted octanol–water partition coefficient (Wildman–Crippen LogP) is 0.516. The molecule has 0 saturated heterocycles. The van der Waals surface area contributed by atoms with Crippen LogP contribution in [0.3, 0.4) is 0 Å². The smallest absolute Gasteiger partial charge is 0.240 e. The first-order valence-corrected chi connectivity index (χ1v) is 6.59. The van der Waals surface area contributed by atoms with E-state index in [4.69, 9.17) is 10.5 Å². The highest BCUT2D eigenvalue weighted by Gasteiger charge is 2.25. The number of nitrogens with one attached hydrogen (secondary N) is 1. The number of rotatable bonds is 2. The van der Waals surface area contributed by atoms with Crippen molar-refractivity contribution in [2.75, 3.05) is 13.7 Å². The molecule has 5 nitrogen and oxygen atoms in total. The van der Waals surface area contributed by atoms with Gasteiger partial charge in [0.25, 0.3) is 0 Å². The lowest BCUT2D eigenvalue weighted by atomic mass is 10.0. The van der Waals surface area contributed by atoms with E-state index in [1.807, 2.05) is 0 Å². The van der Waals surface area contributed by atoms with Crippen LogP contribution in [0.1, 0.15) is 18.0 Å². The van der Waals surface area contributed by atoms with Crippen LogP contribution in [-0.4, -0.2) is 22.1 Å². The number of sulfonamides is 1. The zero-order valence-corrected chi connectivity index (χ0v) is 10.1. The van der Waals surface area contributed by atoms with E-state index in [1.165, 1.54) is 13.1 Å². The van der Waals surface area contributed by atoms with E-state index in [0.717, 1.165) is 6.07 Å². The molecule has 1 aliphatic heterocycles. The highest BCUT2D eigenvalue weighted by molar-refractivity contribution is 7.89. The van der Waals surface area contributed by atoms with E-state index in [2.05, 4.69) is 4.72 Å². The van der Waals surface area contributed by atoms with E-state index in [9.17, 15) is 12.8 Å². The summed E-state index contributed by atoms with van der Waals surface area (Å²) in [7, 11) is -2.41. The van der Waals surface area contributed by atoms with Crippen LogP contribution in [0.4, 0.5) is 4.39 Å². The first-order chi connectivity index (χ1) is 7.95. The highest BCUT2D eigenvalue weighted by atomic mass is 32.2. The minimum Gasteiger partial charge on any atom is -0.490 e. The standard InChI is InChI=1S/C10H13FN2O3S/c1-13-17(14,15)6-4-7-9(12)2-3-16-10(7)8(11)5-6/h4-5,9,13H,2-3,12H2,1H3. The second kappa shape index (κ2) is 4.25. The molecule has 0 saturated carbocycles. The average Bonchev–Trinajstić information content (AvgIpc) is 2.30. The van der Waals surface area contributed by atoms with Crippen molar-refractivity contribution in [1.29, 1.82) is 0 Å². The molecule has 0 fully saturated rings. The first-order valence-electron chi connectivity index (χ1n) is 5.11. The molecule has 0 aromatic heterocycles. The van der Waals surface area contributed by atoms with Crippen LogP contribution in [0.25, 0.3) is 0 Å². The Morgan fingerprint density at radius 3 is 2.88 bits per heavy atom. The fourth-order valence-electron chi connectivity index (χ4n) is 1.73. The summed E-state index contributed by atoms with van der Waals surface area (Å²) in [5, 5.41) is 0. The topological polar surface area (TPSA) is 81.4 Å². The van der Waals surface area contributed by atoms with Gasteiger partial charge in [-0.05, 0) is 19.2 Å². The third kappa shape index (κ3) is 2.13. The quantitative estimate of drug-likeness (QED) is 0.812. The fraction of sp³-hybridized carbons (Fsp3) is 0.400. The van der Waals surface area contributed by atoms with Gasteiger partial charge in [0, 0.05) is 18.0 Å². The Bertz CT molecular complexity index is 545. The molecule has 1 aliphatic rings. The van der Waals surface area contributed by atoms with Crippen LogP contribution < -0.4 is 15.2 Å². The molecule has 7 heteroatoms. The van der Waals surface area contributed by atoms with Crippen molar-refractivity contribution in [1.82, 2.24) is 4.72 Å². The summed E-state index contributed by atoms with van der Waals surface area (Å²) in [5.74, 6) is -0.648. The van der Waals surface area contributed by atoms with Gasteiger partial charge in [0.1, 0.15) is 0 Å². The van der Waals surface area contributed by atoms with Crippen molar-refractivity contribution in [2.24, 2.45) is 5.73 Å². The molecule has 1 unspecified atom stereocenters. The maximum absolute atomic E-state index is 13.7. The Balaban J connectivity index is 2.61. The Hall–Kier alpha value is -1.18. The zero-order chi connectivity index (χ0) is 12.6. The summed E-state index contributed by atoms with van der Waals surface area (Å²) < 4.78 is 44.2. The molecule has 0 spiro atoms. The summed E-state index contributed by atoms with van der Waals surface area (Å²) in [6, 6.07) is 1.89. The minimum atomic E-state index is -3.68. The van der Waals surface area contributed by atoms with Gasteiger partial charge in [-0.3, -0.25) is 0 Å². The Morgan fingerprint density at radius 1 is 1.53 bits per heavy atom. The fourth-order valence-corrected chi connectivity index (χ4v) is 2.51. The Kier molecular flexibility index (Phi) is 3.07. The van der Waals surface area contributed by atoms with Crippen LogP contribution in [0.15, 0.2) is 17.0 Å². The molecule has 17 heavy (non-hydrogen) atoms. The summed E-state index contributed by atoms with van der Waals surface area (Å²) in [4.78, 5) is -0.141. The number of nitrogens with two attached hydrogens (primary N) is 1. The lowest BCUT2D eigenvalue weighted by molar-refractivity contribution is 0.254. The second-order valence-electron chi connectivity index (χ2n) is 3.77. The average molecular weight is 260 g/mol. The number of fused-ring (bicyclic) bond motifs is 1. The predicted molar refractivity (Wildman–Crippen MR) is 59.7 cm³/mol. The van der Waals surface area contributed by atoms with Gasteiger partial charge in [-0.25, -0.2) is 17.5 Å². The number of ether oxygens (including phenoxy) is 1. The normalized spacial score (nSPS) is 19.6. The van der Waals surface area contributed by atoms with E-state index >= 15 is 0 Å². The summed E-state index contributed by atoms with van der Waals surface area (Å²) in [6.45, 7) is 0.337. The van der Waals surface area contributed by atoms with Gasteiger partial charge < -0.3 is 10.5 Å². The highest BCUT2D eigenvalue weighted by Crippen LogP contribution is 2.34. The van der Waals surface area contributed by atoms with E-state index < -0.39 is 21.9 Å². The molecule has 1 heterocycles. The zero-order valence-electron chi connectivity index (χ0n) is 9.23. The molecule has 0 amide bonds. The SMILES string of the molecule is CNS(=O)(=O)c1cc(F)c2c(c1)C(N)CCO2. The van der Waals surface area contributed by atoms with Gasteiger partial charge in [0.15, 0.2) is 11.6 Å². The molecule has 1 aromatic carbocycles. The van der Waals surface area contributed by atoms with Crippen LogP contribution in [0, 0.1) is 5.82 Å². The van der Waals surface area contributed by atoms with Crippen molar-refractivity contribution in [3.63, 3.8) is 0 Å². The summed E-state index contributed by atoms with van der Waals surface area (Å²) in [6.07, 6.45) is 0.537. The molecule has 2 rings (SSSR count). The Labute approximate surface area is 98.8 Å². The number of halogens is 1. The van der Waals surface area contributed by atoms with Crippen LogP contribution in [0.2, 0.25) is 0 Å². The van der Waals surface area contributed by atoms with Crippen molar-refractivity contribution < 1.29 is 17.5 Å². The van der Waals surface area contributed by atoms with E-state index in [-0.39, 0.29) is 10.6 Å². The van der Waals surface area contributed by atoms with Gasteiger partial charge in [-0.1, -0.05) is 0 Å². The molecular formula is C10H13FN2O3S. The van der Waals surface area contributed by atoms with E-state index in [1.54, 1.807) is 0 Å². The van der Waals surface area contributed by atoms with Gasteiger partial charge in [0.2, 0.25) is 10.0 Å². The van der Waals surface area contributed by atoms with Gasteiger partial charge in [0.05, 0.1) is 11.5 Å². The lowest BCUT2D eigenvalue weighted by Gasteiger charge is -2.23. The first kappa shape index (κ1) is 12.3.